The Morgan fingerprint density at radius 3 is 2.76 bits per heavy atom. The normalized spacial score (nSPS) is 17.3. The molecular formula is C12H15BrN2O2. The first-order valence-electron chi connectivity index (χ1n) is 5.56. The summed E-state index contributed by atoms with van der Waals surface area (Å²) in [6, 6.07) is 4.73. The van der Waals surface area contributed by atoms with Gasteiger partial charge < -0.3 is 16.2 Å². The predicted molar refractivity (Wildman–Crippen MR) is 68.9 cm³/mol. The Hall–Kier alpha value is -1.07. The Morgan fingerprint density at radius 2 is 2.24 bits per heavy atom. The van der Waals surface area contributed by atoms with E-state index in [0.717, 1.165) is 19.3 Å². The van der Waals surface area contributed by atoms with Gasteiger partial charge in [-0.3, -0.25) is 4.79 Å². The Morgan fingerprint density at radius 1 is 1.53 bits per heavy atom. The number of rotatable bonds is 3. The molecule has 0 saturated heterocycles. The minimum Gasteiger partial charge on any atom is -0.507 e. The molecule has 1 aliphatic carbocycles. The summed E-state index contributed by atoms with van der Waals surface area (Å²) in [5.74, 6) is -0.145. The monoisotopic (exact) mass is 298 g/mol. The Labute approximate surface area is 108 Å². The number of amides is 1. The molecule has 0 heterocycles. The van der Waals surface area contributed by atoms with Crippen LogP contribution < -0.4 is 11.1 Å². The lowest BCUT2D eigenvalue weighted by atomic mass is 9.78. The van der Waals surface area contributed by atoms with Crippen molar-refractivity contribution in [2.24, 2.45) is 5.73 Å². The van der Waals surface area contributed by atoms with Crippen molar-refractivity contribution in [3.8, 4) is 5.75 Å². The van der Waals surface area contributed by atoms with Crippen LogP contribution in [0.15, 0.2) is 22.7 Å². The molecule has 4 N–H and O–H groups in total. The van der Waals surface area contributed by atoms with Crippen molar-refractivity contribution in [3.05, 3.63) is 28.2 Å². The summed E-state index contributed by atoms with van der Waals surface area (Å²) in [4.78, 5) is 11.8. The van der Waals surface area contributed by atoms with Gasteiger partial charge in [0.2, 0.25) is 0 Å². The average Bonchev–Trinajstić information content (AvgIpc) is 2.27. The van der Waals surface area contributed by atoms with Crippen molar-refractivity contribution in [1.82, 2.24) is 5.32 Å². The van der Waals surface area contributed by atoms with Crippen LogP contribution in [0.2, 0.25) is 0 Å². The highest BCUT2D eigenvalue weighted by Gasteiger charge is 2.32. The van der Waals surface area contributed by atoms with Gasteiger partial charge in [0.1, 0.15) is 5.75 Å². The largest absolute Gasteiger partial charge is 0.507 e. The molecule has 1 aromatic rings. The number of carbonyl (C=O) groups is 1. The maximum atomic E-state index is 11.8. The number of halogens is 1. The highest BCUT2D eigenvalue weighted by Crippen LogP contribution is 2.28. The van der Waals surface area contributed by atoms with E-state index in [1.807, 2.05) is 0 Å². The van der Waals surface area contributed by atoms with Crippen molar-refractivity contribution >= 4 is 21.8 Å². The zero-order valence-electron chi connectivity index (χ0n) is 9.37. The number of hydrogen-bond donors (Lipinski definition) is 3. The van der Waals surface area contributed by atoms with Crippen molar-refractivity contribution in [1.29, 1.82) is 0 Å². The van der Waals surface area contributed by atoms with E-state index in [1.165, 1.54) is 6.07 Å². The number of hydrogen-bond acceptors (Lipinski definition) is 3. The first-order valence-corrected chi connectivity index (χ1v) is 6.35. The van der Waals surface area contributed by atoms with Gasteiger partial charge in [-0.25, -0.2) is 0 Å². The lowest BCUT2D eigenvalue weighted by Crippen LogP contribution is -2.54. The zero-order valence-corrected chi connectivity index (χ0v) is 11.0. The van der Waals surface area contributed by atoms with E-state index in [2.05, 4.69) is 21.2 Å². The van der Waals surface area contributed by atoms with E-state index in [-0.39, 0.29) is 17.2 Å². The molecule has 1 aromatic carbocycles. The molecule has 0 radical (unpaired) electrons. The fourth-order valence-electron chi connectivity index (χ4n) is 1.82. The topological polar surface area (TPSA) is 75.3 Å². The minimum absolute atomic E-state index is 0.0590. The maximum Gasteiger partial charge on any atom is 0.251 e. The number of carbonyl (C=O) groups excluding carboxylic acids is 1. The second kappa shape index (κ2) is 4.66. The molecule has 0 unspecified atom stereocenters. The van der Waals surface area contributed by atoms with Gasteiger partial charge in [-0.05, 0) is 53.4 Å². The molecule has 17 heavy (non-hydrogen) atoms. The Balaban J connectivity index is 1.97. The second-order valence-corrected chi connectivity index (χ2v) is 5.42. The molecule has 0 atom stereocenters. The lowest BCUT2D eigenvalue weighted by Gasteiger charge is -2.38. The minimum atomic E-state index is -0.229. The van der Waals surface area contributed by atoms with Crippen molar-refractivity contribution in [2.75, 3.05) is 6.54 Å². The molecule has 2 rings (SSSR count). The third kappa shape index (κ3) is 2.79. The molecule has 1 saturated carbocycles. The third-order valence-electron chi connectivity index (χ3n) is 3.16. The van der Waals surface area contributed by atoms with Crippen LogP contribution in [-0.2, 0) is 0 Å². The van der Waals surface area contributed by atoms with E-state index in [4.69, 9.17) is 5.73 Å². The van der Waals surface area contributed by atoms with Gasteiger partial charge in [-0.2, -0.15) is 0 Å². The number of benzene rings is 1. The summed E-state index contributed by atoms with van der Waals surface area (Å²) < 4.78 is 0.573. The first-order chi connectivity index (χ1) is 8.00. The third-order valence-corrected chi connectivity index (χ3v) is 3.83. The van der Waals surface area contributed by atoms with Gasteiger partial charge in [0.05, 0.1) is 4.47 Å². The van der Waals surface area contributed by atoms with Gasteiger partial charge in [0, 0.05) is 17.6 Å². The first kappa shape index (κ1) is 12.4. The number of phenolic OH excluding ortho intramolecular Hbond substituents is 1. The zero-order chi connectivity index (χ0) is 12.5. The SMILES string of the molecule is NC1(CNC(=O)c2ccc(Br)c(O)c2)CCC1. The smallest absolute Gasteiger partial charge is 0.251 e. The summed E-state index contributed by atoms with van der Waals surface area (Å²) in [5.41, 5.74) is 6.22. The van der Waals surface area contributed by atoms with E-state index < -0.39 is 0 Å². The number of nitrogens with one attached hydrogen (secondary N) is 1. The maximum absolute atomic E-state index is 11.8. The molecule has 0 bridgehead atoms. The predicted octanol–water partition coefficient (Wildman–Crippen LogP) is 1.77. The van der Waals surface area contributed by atoms with Crippen LogP contribution in [0.1, 0.15) is 29.6 Å². The molecule has 5 heteroatoms. The van der Waals surface area contributed by atoms with Crippen LogP contribution in [0.4, 0.5) is 0 Å². The van der Waals surface area contributed by atoms with Crippen molar-refractivity contribution < 1.29 is 9.90 Å². The second-order valence-electron chi connectivity index (χ2n) is 4.56. The van der Waals surface area contributed by atoms with Crippen molar-refractivity contribution in [3.63, 3.8) is 0 Å². The van der Waals surface area contributed by atoms with Crippen LogP contribution in [0.5, 0.6) is 5.75 Å². The molecule has 0 aliphatic heterocycles. The Bertz CT molecular complexity index is 444. The molecular weight excluding hydrogens is 284 g/mol. The fourth-order valence-corrected chi connectivity index (χ4v) is 2.07. The molecule has 4 nitrogen and oxygen atoms in total. The molecule has 1 fully saturated rings. The van der Waals surface area contributed by atoms with Crippen LogP contribution in [0.3, 0.4) is 0 Å². The van der Waals surface area contributed by atoms with Gasteiger partial charge in [-0.1, -0.05) is 0 Å². The molecule has 0 aromatic heterocycles. The highest BCUT2D eigenvalue weighted by atomic mass is 79.9. The standard InChI is InChI=1S/C12H15BrN2O2/c13-9-3-2-8(6-10(9)16)11(17)15-7-12(14)4-1-5-12/h2-3,6,16H,1,4-5,7,14H2,(H,15,17). The van der Waals surface area contributed by atoms with E-state index in [1.54, 1.807) is 12.1 Å². The number of nitrogens with two attached hydrogens (primary N) is 1. The van der Waals surface area contributed by atoms with Gasteiger partial charge in [0.25, 0.3) is 5.91 Å². The van der Waals surface area contributed by atoms with Crippen molar-refractivity contribution in [2.45, 2.75) is 24.8 Å². The van der Waals surface area contributed by atoms with Crippen LogP contribution in [0.25, 0.3) is 0 Å². The summed E-state index contributed by atoms with van der Waals surface area (Å²) in [6.45, 7) is 0.489. The highest BCUT2D eigenvalue weighted by molar-refractivity contribution is 9.10. The summed E-state index contributed by atoms with van der Waals surface area (Å²) in [7, 11) is 0. The fraction of sp³-hybridized carbons (Fsp3) is 0.417. The molecule has 0 spiro atoms. The Kier molecular flexibility index (Phi) is 3.40. The summed E-state index contributed by atoms with van der Waals surface area (Å²) >= 11 is 3.17. The summed E-state index contributed by atoms with van der Waals surface area (Å²) in [5, 5.41) is 12.3. The van der Waals surface area contributed by atoms with Crippen LogP contribution in [0, 0.1) is 0 Å². The number of phenols is 1. The van der Waals surface area contributed by atoms with Crippen LogP contribution >= 0.6 is 15.9 Å². The summed E-state index contributed by atoms with van der Waals surface area (Å²) in [6.07, 6.45) is 3.04. The quantitative estimate of drug-likeness (QED) is 0.796. The van der Waals surface area contributed by atoms with E-state index in [9.17, 15) is 9.90 Å². The number of aromatic hydroxyl groups is 1. The van der Waals surface area contributed by atoms with Gasteiger partial charge in [0.15, 0.2) is 0 Å². The lowest BCUT2D eigenvalue weighted by molar-refractivity contribution is 0.0929. The average molecular weight is 299 g/mol. The van der Waals surface area contributed by atoms with Crippen LogP contribution in [-0.4, -0.2) is 23.1 Å². The van der Waals surface area contributed by atoms with E-state index >= 15 is 0 Å². The van der Waals surface area contributed by atoms with Gasteiger partial charge in [-0.15, -0.1) is 0 Å². The van der Waals surface area contributed by atoms with Gasteiger partial charge >= 0.3 is 0 Å². The molecule has 92 valence electrons. The molecule has 1 aliphatic rings. The van der Waals surface area contributed by atoms with E-state index in [0.29, 0.717) is 16.6 Å². The molecule has 1 amide bonds.